The van der Waals surface area contributed by atoms with Crippen LogP contribution in [0.25, 0.3) is 5.69 Å². The summed E-state index contributed by atoms with van der Waals surface area (Å²) in [6.07, 6.45) is 2.38. The molecule has 1 saturated heterocycles. The summed E-state index contributed by atoms with van der Waals surface area (Å²) in [5.74, 6) is 0.0416. The molecule has 3 rings (SSSR count). The van der Waals surface area contributed by atoms with Crippen LogP contribution in [0, 0.1) is 0 Å². The Morgan fingerprint density at radius 2 is 1.92 bits per heavy atom. The van der Waals surface area contributed by atoms with E-state index in [0.29, 0.717) is 42.8 Å². The van der Waals surface area contributed by atoms with Crippen molar-refractivity contribution in [3.8, 4) is 5.69 Å². The molecule has 0 atom stereocenters. The van der Waals surface area contributed by atoms with Gasteiger partial charge >= 0.3 is 0 Å². The van der Waals surface area contributed by atoms with E-state index in [4.69, 9.17) is 33.0 Å². The lowest BCUT2D eigenvalue weighted by atomic mass is 10.1. The van der Waals surface area contributed by atoms with Gasteiger partial charge in [0, 0.05) is 13.1 Å². The molecule has 140 valence electrons. The lowest BCUT2D eigenvalue weighted by molar-refractivity contribution is 0.0301. The van der Waals surface area contributed by atoms with Gasteiger partial charge in [-0.15, -0.1) is 0 Å². The second-order valence-corrected chi connectivity index (χ2v) is 7.10. The molecule has 26 heavy (non-hydrogen) atoms. The van der Waals surface area contributed by atoms with Gasteiger partial charge in [0.05, 0.1) is 45.9 Å². The topological polar surface area (TPSA) is 47.4 Å². The SMILES string of the molecule is CCCc1nn(-c2ccc(Cl)c(Cl)c2)c(CC)c1C(=O)N1CCOCC1. The van der Waals surface area contributed by atoms with Gasteiger partial charge in [-0.1, -0.05) is 43.5 Å². The fourth-order valence-electron chi connectivity index (χ4n) is 3.24. The normalized spacial score (nSPS) is 14.7. The van der Waals surface area contributed by atoms with Crippen molar-refractivity contribution >= 4 is 29.1 Å². The second kappa shape index (κ2) is 8.42. The largest absolute Gasteiger partial charge is 0.378 e. The number of hydrogen-bond donors (Lipinski definition) is 0. The van der Waals surface area contributed by atoms with Gasteiger partial charge in [0.1, 0.15) is 0 Å². The molecule has 1 aromatic carbocycles. The van der Waals surface area contributed by atoms with E-state index in [-0.39, 0.29) is 5.91 Å². The lowest BCUT2D eigenvalue weighted by Gasteiger charge is -2.27. The minimum absolute atomic E-state index is 0.0416. The Bertz CT molecular complexity index is 798. The molecule has 2 aromatic rings. The van der Waals surface area contributed by atoms with Crippen molar-refractivity contribution in [2.24, 2.45) is 0 Å². The number of ether oxygens (including phenoxy) is 1. The molecular weight excluding hydrogens is 373 g/mol. The van der Waals surface area contributed by atoms with Gasteiger partial charge in [0.15, 0.2) is 0 Å². The summed E-state index contributed by atoms with van der Waals surface area (Å²) in [6.45, 7) is 6.52. The zero-order valence-electron chi connectivity index (χ0n) is 15.1. The molecule has 0 N–H and O–H groups in total. The fourth-order valence-corrected chi connectivity index (χ4v) is 3.54. The molecule has 1 aliphatic rings. The fraction of sp³-hybridized carbons (Fsp3) is 0.474. The molecular formula is C19H23Cl2N3O2. The Hall–Kier alpha value is -1.56. The van der Waals surface area contributed by atoms with E-state index in [1.807, 2.05) is 22.6 Å². The summed E-state index contributed by atoms with van der Waals surface area (Å²) >= 11 is 12.2. The van der Waals surface area contributed by atoms with Gasteiger partial charge in [0.2, 0.25) is 0 Å². The van der Waals surface area contributed by atoms with Gasteiger partial charge < -0.3 is 9.64 Å². The molecule has 0 spiro atoms. The summed E-state index contributed by atoms with van der Waals surface area (Å²) in [4.78, 5) is 15.1. The summed E-state index contributed by atoms with van der Waals surface area (Å²) in [7, 11) is 0. The maximum Gasteiger partial charge on any atom is 0.257 e. The minimum atomic E-state index is 0.0416. The quantitative estimate of drug-likeness (QED) is 0.762. The number of nitrogens with zero attached hydrogens (tertiary/aromatic N) is 3. The number of carbonyl (C=O) groups excluding carboxylic acids is 1. The highest BCUT2D eigenvalue weighted by Crippen LogP contribution is 2.28. The van der Waals surface area contributed by atoms with E-state index in [2.05, 4.69) is 6.92 Å². The van der Waals surface area contributed by atoms with E-state index < -0.39 is 0 Å². The van der Waals surface area contributed by atoms with Crippen molar-refractivity contribution in [2.75, 3.05) is 26.3 Å². The molecule has 1 aromatic heterocycles. The van der Waals surface area contributed by atoms with Crippen LogP contribution in [0.4, 0.5) is 0 Å². The van der Waals surface area contributed by atoms with Crippen LogP contribution in [0.3, 0.4) is 0 Å². The molecule has 0 radical (unpaired) electrons. The molecule has 0 saturated carbocycles. The Morgan fingerprint density at radius 3 is 2.54 bits per heavy atom. The summed E-state index contributed by atoms with van der Waals surface area (Å²) < 4.78 is 7.21. The molecule has 1 amide bonds. The molecule has 1 fully saturated rings. The first kappa shape index (κ1) is 19.2. The average Bonchev–Trinajstić information content (AvgIpc) is 3.02. The monoisotopic (exact) mass is 395 g/mol. The first-order valence-corrected chi connectivity index (χ1v) is 9.75. The van der Waals surface area contributed by atoms with Crippen LogP contribution in [0.15, 0.2) is 18.2 Å². The van der Waals surface area contributed by atoms with E-state index in [1.54, 1.807) is 12.1 Å². The zero-order chi connectivity index (χ0) is 18.7. The smallest absolute Gasteiger partial charge is 0.257 e. The molecule has 7 heteroatoms. The maximum atomic E-state index is 13.2. The van der Waals surface area contributed by atoms with Crippen molar-refractivity contribution in [3.05, 3.63) is 45.2 Å². The van der Waals surface area contributed by atoms with E-state index in [9.17, 15) is 4.79 Å². The van der Waals surface area contributed by atoms with Gasteiger partial charge in [-0.2, -0.15) is 5.10 Å². The number of halogens is 2. The number of amides is 1. The van der Waals surface area contributed by atoms with Gasteiger partial charge in [-0.25, -0.2) is 4.68 Å². The van der Waals surface area contributed by atoms with Gasteiger partial charge in [0.25, 0.3) is 5.91 Å². The Kier molecular flexibility index (Phi) is 6.22. The third-order valence-electron chi connectivity index (χ3n) is 4.54. The highest BCUT2D eigenvalue weighted by Gasteiger charge is 2.28. The predicted molar refractivity (Wildman–Crippen MR) is 104 cm³/mol. The first-order valence-electron chi connectivity index (χ1n) is 9.00. The highest BCUT2D eigenvalue weighted by atomic mass is 35.5. The van der Waals surface area contributed by atoms with Crippen molar-refractivity contribution in [1.29, 1.82) is 0 Å². The van der Waals surface area contributed by atoms with Crippen molar-refractivity contribution < 1.29 is 9.53 Å². The molecule has 5 nitrogen and oxygen atoms in total. The van der Waals surface area contributed by atoms with Crippen molar-refractivity contribution in [1.82, 2.24) is 14.7 Å². The molecule has 0 aliphatic carbocycles. The Labute approximate surface area is 163 Å². The average molecular weight is 396 g/mol. The third kappa shape index (κ3) is 3.75. The second-order valence-electron chi connectivity index (χ2n) is 6.29. The minimum Gasteiger partial charge on any atom is -0.378 e. The number of aryl methyl sites for hydroxylation is 1. The Balaban J connectivity index is 2.08. The van der Waals surface area contributed by atoms with Gasteiger partial charge in [-0.3, -0.25) is 4.79 Å². The number of benzene rings is 1. The van der Waals surface area contributed by atoms with Crippen LogP contribution in [0.5, 0.6) is 0 Å². The maximum absolute atomic E-state index is 13.2. The highest BCUT2D eigenvalue weighted by molar-refractivity contribution is 6.42. The summed E-state index contributed by atoms with van der Waals surface area (Å²) in [5, 5.41) is 5.73. The van der Waals surface area contributed by atoms with Gasteiger partial charge in [-0.05, 0) is 31.0 Å². The zero-order valence-corrected chi connectivity index (χ0v) is 16.6. The predicted octanol–water partition coefficient (Wildman–Crippen LogP) is 4.17. The first-order chi connectivity index (χ1) is 12.6. The van der Waals surface area contributed by atoms with Crippen LogP contribution in [-0.4, -0.2) is 46.9 Å². The van der Waals surface area contributed by atoms with Crippen LogP contribution >= 0.6 is 23.2 Å². The Morgan fingerprint density at radius 1 is 1.19 bits per heavy atom. The van der Waals surface area contributed by atoms with E-state index in [1.165, 1.54) is 0 Å². The van der Waals surface area contributed by atoms with Crippen molar-refractivity contribution in [3.63, 3.8) is 0 Å². The standard InChI is InChI=1S/C19H23Cl2N3O2/c1-3-5-16-18(19(25)23-8-10-26-11-9-23)17(4-2)24(22-16)13-6-7-14(20)15(21)12-13/h6-7,12H,3-5,8-11H2,1-2H3. The van der Waals surface area contributed by atoms with E-state index in [0.717, 1.165) is 35.5 Å². The van der Waals surface area contributed by atoms with Crippen LogP contribution in [0.1, 0.15) is 42.0 Å². The lowest BCUT2D eigenvalue weighted by Crippen LogP contribution is -2.41. The number of rotatable bonds is 5. The molecule has 0 unspecified atom stereocenters. The summed E-state index contributed by atoms with van der Waals surface area (Å²) in [6, 6.07) is 5.41. The van der Waals surface area contributed by atoms with Crippen LogP contribution in [-0.2, 0) is 17.6 Å². The van der Waals surface area contributed by atoms with Crippen LogP contribution in [0.2, 0.25) is 10.0 Å². The number of aromatic nitrogens is 2. The molecule has 2 heterocycles. The van der Waals surface area contributed by atoms with E-state index >= 15 is 0 Å². The van der Waals surface area contributed by atoms with Crippen LogP contribution < -0.4 is 0 Å². The third-order valence-corrected chi connectivity index (χ3v) is 5.27. The number of morpholine rings is 1. The summed E-state index contributed by atoms with van der Waals surface area (Å²) in [5.41, 5.74) is 3.28. The number of carbonyl (C=O) groups is 1. The van der Waals surface area contributed by atoms with Crippen molar-refractivity contribution in [2.45, 2.75) is 33.1 Å². The number of hydrogen-bond acceptors (Lipinski definition) is 3. The molecule has 1 aliphatic heterocycles. The molecule has 0 bridgehead atoms.